The van der Waals surface area contributed by atoms with Gasteiger partial charge in [0.1, 0.15) is 18.2 Å². The van der Waals surface area contributed by atoms with Gasteiger partial charge in [-0.05, 0) is 63.1 Å². The number of sulfonamides is 1. The molecule has 1 aromatic heterocycles. The Balaban J connectivity index is 1.62. The van der Waals surface area contributed by atoms with Crippen molar-refractivity contribution >= 4 is 21.7 Å². The molecule has 2 heterocycles. The van der Waals surface area contributed by atoms with E-state index in [9.17, 15) is 13.2 Å². The van der Waals surface area contributed by atoms with Crippen LogP contribution in [0.5, 0.6) is 5.75 Å². The Morgan fingerprint density at radius 3 is 2.68 bits per heavy atom. The van der Waals surface area contributed by atoms with Gasteiger partial charge in [0, 0.05) is 25.4 Å². The van der Waals surface area contributed by atoms with E-state index in [0.29, 0.717) is 50.8 Å². The average molecular weight is 448 g/mol. The summed E-state index contributed by atoms with van der Waals surface area (Å²) in [5.74, 6) is 0.424. The van der Waals surface area contributed by atoms with Crippen molar-refractivity contribution < 1.29 is 22.7 Å². The topological polar surface area (TPSA) is 97.8 Å². The normalized spacial score (nSPS) is 17.3. The molecule has 1 aromatic carbocycles. The summed E-state index contributed by atoms with van der Waals surface area (Å²) >= 11 is 0. The van der Waals surface area contributed by atoms with Gasteiger partial charge < -0.3 is 14.8 Å². The summed E-state index contributed by atoms with van der Waals surface area (Å²) < 4.78 is 38.3. The lowest BCUT2D eigenvalue weighted by Crippen LogP contribution is -2.43. The van der Waals surface area contributed by atoms with Gasteiger partial charge in [0.2, 0.25) is 15.9 Å². The van der Waals surface area contributed by atoms with E-state index in [0.717, 1.165) is 5.69 Å². The van der Waals surface area contributed by atoms with Crippen molar-refractivity contribution in [2.24, 2.45) is 5.92 Å². The molecule has 2 aromatic rings. The average Bonchev–Trinajstić information content (AvgIpc) is 2.77. The molecule has 1 amide bonds. The molecule has 0 bridgehead atoms. The number of carbonyl (C=O) groups is 1. The van der Waals surface area contributed by atoms with Crippen LogP contribution in [0.1, 0.15) is 25.5 Å². The van der Waals surface area contributed by atoms with E-state index in [1.165, 1.54) is 16.4 Å². The van der Waals surface area contributed by atoms with Gasteiger partial charge in [-0.25, -0.2) is 13.4 Å². The number of hydrogen-bond acceptors (Lipinski definition) is 6. The van der Waals surface area contributed by atoms with Crippen molar-refractivity contribution in [3.05, 3.63) is 48.2 Å². The zero-order chi connectivity index (χ0) is 22.3. The summed E-state index contributed by atoms with van der Waals surface area (Å²) in [4.78, 5) is 17.1. The van der Waals surface area contributed by atoms with E-state index < -0.39 is 15.9 Å². The number of aryl methyl sites for hydroxylation is 1. The van der Waals surface area contributed by atoms with Crippen LogP contribution in [0.2, 0.25) is 0 Å². The number of aromatic nitrogens is 1. The zero-order valence-corrected chi connectivity index (χ0v) is 18.7. The number of piperidine rings is 1. The first-order valence-corrected chi connectivity index (χ1v) is 11.9. The van der Waals surface area contributed by atoms with Crippen molar-refractivity contribution in [1.29, 1.82) is 0 Å². The maximum absolute atomic E-state index is 13.1. The third-order valence-corrected chi connectivity index (χ3v) is 6.94. The number of pyridine rings is 1. The molecule has 9 heteroatoms. The fourth-order valence-corrected chi connectivity index (χ4v) is 4.96. The second-order valence-corrected chi connectivity index (χ2v) is 9.31. The Morgan fingerprint density at radius 1 is 1.19 bits per heavy atom. The number of nitrogens with zero attached hydrogens (tertiary/aromatic N) is 2. The molecule has 0 saturated carbocycles. The molecule has 0 radical (unpaired) electrons. The third kappa shape index (κ3) is 6.25. The standard InChI is InChI=1S/C22H29N3O5S/c1-3-29-14-15-30-19-9-11-20(12-10-19)31(27,28)25-13-5-7-18(16-25)22(26)24-21-8-4-6-17(2)23-21/h4,6,8-12,18H,3,5,7,13-16H2,1-2H3,(H,23,24,26). The summed E-state index contributed by atoms with van der Waals surface area (Å²) in [5.41, 5.74) is 0.802. The maximum atomic E-state index is 13.1. The molecule has 8 nitrogen and oxygen atoms in total. The summed E-state index contributed by atoms with van der Waals surface area (Å²) in [6, 6.07) is 11.7. The lowest BCUT2D eigenvalue weighted by Gasteiger charge is -2.31. The SMILES string of the molecule is CCOCCOc1ccc(S(=O)(=O)N2CCCC(C(=O)Nc3cccc(C)n3)C2)cc1. The highest BCUT2D eigenvalue weighted by atomic mass is 32.2. The monoisotopic (exact) mass is 447 g/mol. The van der Waals surface area contributed by atoms with Crippen molar-refractivity contribution in [2.45, 2.75) is 31.6 Å². The molecule has 1 fully saturated rings. The van der Waals surface area contributed by atoms with Crippen LogP contribution in [-0.4, -0.2) is 56.5 Å². The van der Waals surface area contributed by atoms with E-state index >= 15 is 0 Å². The van der Waals surface area contributed by atoms with Crippen molar-refractivity contribution in [3.8, 4) is 5.75 Å². The summed E-state index contributed by atoms with van der Waals surface area (Å²) in [6.07, 6.45) is 1.26. The van der Waals surface area contributed by atoms with Gasteiger partial charge in [-0.3, -0.25) is 4.79 Å². The van der Waals surface area contributed by atoms with Crippen LogP contribution in [-0.2, 0) is 19.6 Å². The van der Waals surface area contributed by atoms with Gasteiger partial charge in [0.15, 0.2) is 0 Å². The summed E-state index contributed by atoms with van der Waals surface area (Å²) in [6.45, 7) is 5.79. The van der Waals surface area contributed by atoms with Crippen molar-refractivity contribution in [3.63, 3.8) is 0 Å². The minimum atomic E-state index is -3.70. The Hall–Kier alpha value is -2.49. The Labute approximate surface area is 183 Å². The molecule has 0 spiro atoms. The van der Waals surface area contributed by atoms with Crippen LogP contribution in [0.3, 0.4) is 0 Å². The van der Waals surface area contributed by atoms with Crippen LogP contribution in [0, 0.1) is 12.8 Å². The number of anilines is 1. The predicted octanol–water partition coefficient (Wildman–Crippen LogP) is 2.84. The fourth-order valence-electron chi connectivity index (χ4n) is 3.44. The second kappa shape index (κ2) is 10.7. The number of carbonyl (C=O) groups excluding carboxylic acids is 1. The van der Waals surface area contributed by atoms with E-state index in [4.69, 9.17) is 9.47 Å². The van der Waals surface area contributed by atoms with E-state index in [2.05, 4.69) is 10.3 Å². The molecule has 1 atom stereocenters. The molecule has 1 N–H and O–H groups in total. The Bertz CT molecular complexity index is 979. The first-order chi connectivity index (χ1) is 14.9. The minimum absolute atomic E-state index is 0.145. The van der Waals surface area contributed by atoms with Crippen molar-refractivity contribution in [2.75, 3.05) is 38.2 Å². The quantitative estimate of drug-likeness (QED) is 0.594. The molecule has 168 valence electrons. The Kier molecular flexibility index (Phi) is 8.00. The number of ether oxygens (including phenoxy) is 2. The van der Waals surface area contributed by atoms with Crippen LogP contribution in [0.4, 0.5) is 5.82 Å². The predicted molar refractivity (Wildman–Crippen MR) is 118 cm³/mol. The molecule has 1 saturated heterocycles. The van der Waals surface area contributed by atoms with Gasteiger partial charge >= 0.3 is 0 Å². The minimum Gasteiger partial charge on any atom is -0.491 e. The molecular weight excluding hydrogens is 418 g/mol. The molecular formula is C22H29N3O5S. The molecule has 1 unspecified atom stereocenters. The molecule has 3 rings (SSSR count). The zero-order valence-electron chi connectivity index (χ0n) is 17.9. The third-order valence-electron chi connectivity index (χ3n) is 5.06. The van der Waals surface area contributed by atoms with Crippen LogP contribution in [0.15, 0.2) is 47.4 Å². The first kappa shape index (κ1) is 23.2. The van der Waals surface area contributed by atoms with Crippen LogP contribution >= 0.6 is 0 Å². The largest absolute Gasteiger partial charge is 0.491 e. The van der Waals surface area contributed by atoms with Gasteiger partial charge in [-0.15, -0.1) is 0 Å². The van der Waals surface area contributed by atoms with Gasteiger partial charge in [0.25, 0.3) is 0 Å². The second-order valence-electron chi connectivity index (χ2n) is 7.37. The Morgan fingerprint density at radius 2 is 1.97 bits per heavy atom. The molecule has 0 aliphatic carbocycles. The number of benzene rings is 1. The number of hydrogen-bond donors (Lipinski definition) is 1. The van der Waals surface area contributed by atoms with Crippen LogP contribution < -0.4 is 10.1 Å². The van der Waals surface area contributed by atoms with Gasteiger partial charge in [-0.2, -0.15) is 4.31 Å². The van der Waals surface area contributed by atoms with E-state index in [1.54, 1.807) is 18.2 Å². The first-order valence-electron chi connectivity index (χ1n) is 10.5. The number of amides is 1. The molecule has 1 aliphatic rings. The highest BCUT2D eigenvalue weighted by Gasteiger charge is 2.33. The highest BCUT2D eigenvalue weighted by molar-refractivity contribution is 7.89. The van der Waals surface area contributed by atoms with E-state index in [-0.39, 0.29) is 17.3 Å². The van der Waals surface area contributed by atoms with Crippen molar-refractivity contribution in [1.82, 2.24) is 9.29 Å². The van der Waals surface area contributed by atoms with Crippen LogP contribution in [0.25, 0.3) is 0 Å². The molecule has 31 heavy (non-hydrogen) atoms. The molecule has 1 aliphatic heterocycles. The summed E-state index contributed by atoms with van der Waals surface area (Å²) in [5, 5.41) is 2.80. The van der Waals surface area contributed by atoms with E-state index in [1.807, 2.05) is 26.0 Å². The maximum Gasteiger partial charge on any atom is 0.243 e. The van der Waals surface area contributed by atoms with Gasteiger partial charge in [-0.1, -0.05) is 6.07 Å². The summed E-state index contributed by atoms with van der Waals surface area (Å²) in [7, 11) is -3.70. The smallest absolute Gasteiger partial charge is 0.243 e. The fraction of sp³-hybridized carbons (Fsp3) is 0.455. The lowest BCUT2D eigenvalue weighted by atomic mass is 9.99. The number of nitrogens with one attached hydrogen (secondary N) is 1. The lowest BCUT2D eigenvalue weighted by molar-refractivity contribution is -0.120. The highest BCUT2D eigenvalue weighted by Crippen LogP contribution is 2.26. The number of rotatable bonds is 9. The van der Waals surface area contributed by atoms with Gasteiger partial charge in [0.05, 0.1) is 17.4 Å².